The van der Waals surface area contributed by atoms with Gasteiger partial charge in [0.25, 0.3) is 5.91 Å². The van der Waals surface area contributed by atoms with Gasteiger partial charge >= 0.3 is 0 Å². The number of rotatable bonds is 7. The van der Waals surface area contributed by atoms with Crippen molar-refractivity contribution < 1.29 is 28.1 Å². The lowest BCUT2D eigenvalue weighted by molar-refractivity contribution is -0.118. The zero-order chi connectivity index (χ0) is 17.5. The summed E-state index contributed by atoms with van der Waals surface area (Å²) in [5.74, 6) is 0.910. The van der Waals surface area contributed by atoms with Crippen molar-refractivity contribution in [3.8, 4) is 23.0 Å². The fourth-order valence-electron chi connectivity index (χ4n) is 1.98. The number of ether oxygens (including phenoxy) is 4. The second-order valence-electron chi connectivity index (χ2n) is 4.70. The van der Waals surface area contributed by atoms with Crippen LogP contribution in [0.5, 0.6) is 23.0 Å². The normalized spacial score (nSPS) is 10.0. The molecule has 2 aromatic rings. The molecule has 0 bridgehead atoms. The Balaban J connectivity index is 2.08. The van der Waals surface area contributed by atoms with Crippen LogP contribution in [-0.2, 0) is 4.79 Å². The first kappa shape index (κ1) is 17.4. The molecular weight excluding hydrogens is 317 g/mol. The van der Waals surface area contributed by atoms with Crippen LogP contribution in [0.15, 0.2) is 36.4 Å². The van der Waals surface area contributed by atoms with Gasteiger partial charge in [-0.05, 0) is 24.3 Å². The van der Waals surface area contributed by atoms with E-state index < -0.39 is 5.91 Å². The summed E-state index contributed by atoms with van der Waals surface area (Å²) in [5, 5.41) is 2.67. The number of hydrogen-bond acceptors (Lipinski definition) is 5. The van der Waals surface area contributed by atoms with Crippen LogP contribution in [0.2, 0.25) is 0 Å². The third-order valence-corrected chi connectivity index (χ3v) is 3.16. The van der Waals surface area contributed by atoms with Gasteiger partial charge in [-0.25, -0.2) is 4.39 Å². The highest BCUT2D eigenvalue weighted by atomic mass is 19.1. The quantitative estimate of drug-likeness (QED) is 0.843. The Morgan fingerprint density at radius 1 is 0.958 bits per heavy atom. The van der Waals surface area contributed by atoms with E-state index in [1.54, 1.807) is 12.1 Å². The Morgan fingerprint density at radius 2 is 1.54 bits per heavy atom. The monoisotopic (exact) mass is 335 g/mol. The van der Waals surface area contributed by atoms with Gasteiger partial charge in [0.2, 0.25) is 0 Å². The minimum atomic E-state index is -0.416. The lowest BCUT2D eigenvalue weighted by atomic mass is 10.2. The summed E-state index contributed by atoms with van der Waals surface area (Å²) < 4.78 is 33.8. The fourth-order valence-corrected chi connectivity index (χ4v) is 1.98. The maximum absolute atomic E-state index is 12.8. The van der Waals surface area contributed by atoms with Crippen LogP contribution >= 0.6 is 0 Å². The predicted molar refractivity (Wildman–Crippen MR) is 86.6 cm³/mol. The van der Waals surface area contributed by atoms with E-state index in [0.717, 1.165) is 0 Å². The molecule has 0 aromatic heterocycles. The Bertz CT molecular complexity index is 678. The van der Waals surface area contributed by atoms with E-state index in [1.807, 2.05) is 0 Å². The largest absolute Gasteiger partial charge is 0.496 e. The smallest absolute Gasteiger partial charge is 0.262 e. The first-order valence-electron chi connectivity index (χ1n) is 7.05. The predicted octanol–water partition coefficient (Wildman–Crippen LogP) is 2.87. The first-order chi connectivity index (χ1) is 11.6. The number of benzene rings is 2. The molecule has 24 heavy (non-hydrogen) atoms. The van der Waals surface area contributed by atoms with Crippen molar-refractivity contribution >= 4 is 11.6 Å². The van der Waals surface area contributed by atoms with Crippen molar-refractivity contribution in [1.82, 2.24) is 0 Å². The maximum Gasteiger partial charge on any atom is 0.262 e. The van der Waals surface area contributed by atoms with Crippen LogP contribution in [0.1, 0.15) is 0 Å². The Morgan fingerprint density at radius 3 is 2.04 bits per heavy atom. The molecule has 0 radical (unpaired) electrons. The number of amides is 1. The molecule has 0 saturated carbocycles. The molecule has 128 valence electrons. The van der Waals surface area contributed by atoms with Crippen molar-refractivity contribution in [2.75, 3.05) is 33.3 Å². The molecule has 2 rings (SSSR count). The standard InChI is InChI=1S/C17H18FNO5/c1-21-13-8-14(22-2)17(15(9-13)23-3)19-16(20)10-24-12-6-4-11(18)5-7-12/h4-9H,10H2,1-3H3,(H,19,20). The third kappa shape index (κ3) is 4.28. The summed E-state index contributed by atoms with van der Waals surface area (Å²) in [6, 6.07) is 8.64. The molecule has 0 aliphatic carbocycles. The molecule has 1 amide bonds. The number of carbonyl (C=O) groups is 1. The average molecular weight is 335 g/mol. The van der Waals surface area contributed by atoms with Crippen molar-refractivity contribution in [3.05, 3.63) is 42.2 Å². The Kier molecular flexibility index (Phi) is 5.83. The van der Waals surface area contributed by atoms with Gasteiger partial charge < -0.3 is 24.3 Å². The van der Waals surface area contributed by atoms with Gasteiger partial charge in [-0.2, -0.15) is 0 Å². The number of hydrogen-bond donors (Lipinski definition) is 1. The lowest BCUT2D eigenvalue weighted by Crippen LogP contribution is -2.21. The SMILES string of the molecule is COc1cc(OC)c(NC(=O)COc2ccc(F)cc2)c(OC)c1. The van der Waals surface area contributed by atoms with Gasteiger partial charge in [-0.15, -0.1) is 0 Å². The number of anilines is 1. The molecule has 0 atom stereocenters. The summed E-state index contributed by atoms with van der Waals surface area (Å²) in [7, 11) is 4.46. The molecule has 0 saturated heterocycles. The second-order valence-corrected chi connectivity index (χ2v) is 4.70. The van der Waals surface area contributed by atoms with E-state index in [1.165, 1.54) is 45.6 Å². The van der Waals surface area contributed by atoms with Crippen LogP contribution in [0.25, 0.3) is 0 Å². The summed E-state index contributed by atoms with van der Waals surface area (Å²) in [4.78, 5) is 12.1. The number of carbonyl (C=O) groups excluding carboxylic acids is 1. The van der Waals surface area contributed by atoms with Crippen LogP contribution in [0, 0.1) is 5.82 Å². The Hall–Kier alpha value is -2.96. The topological polar surface area (TPSA) is 66.0 Å². The first-order valence-corrected chi connectivity index (χ1v) is 7.05. The number of halogens is 1. The zero-order valence-corrected chi connectivity index (χ0v) is 13.6. The van der Waals surface area contributed by atoms with Crippen LogP contribution in [0.4, 0.5) is 10.1 Å². The van der Waals surface area contributed by atoms with Crippen molar-refractivity contribution in [2.45, 2.75) is 0 Å². The van der Waals surface area contributed by atoms with Crippen LogP contribution in [-0.4, -0.2) is 33.8 Å². The van der Waals surface area contributed by atoms with Crippen molar-refractivity contribution in [3.63, 3.8) is 0 Å². The van der Waals surface area contributed by atoms with Gasteiger partial charge in [0.1, 0.15) is 34.5 Å². The van der Waals surface area contributed by atoms with Gasteiger partial charge in [0, 0.05) is 12.1 Å². The second kappa shape index (κ2) is 8.05. The maximum atomic E-state index is 12.8. The van der Waals surface area contributed by atoms with E-state index in [9.17, 15) is 9.18 Å². The van der Waals surface area contributed by atoms with Gasteiger partial charge in [0.15, 0.2) is 6.61 Å². The van der Waals surface area contributed by atoms with Crippen LogP contribution in [0.3, 0.4) is 0 Å². The molecule has 0 fully saturated rings. The Labute approximate surface area is 139 Å². The highest BCUT2D eigenvalue weighted by molar-refractivity contribution is 5.95. The highest BCUT2D eigenvalue weighted by Crippen LogP contribution is 2.38. The molecule has 0 aliphatic heterocycles. The molecule has 0 spiro atoms. The van der Waals surface area contributed by atoms with Crippen molar-refractivity contribution in [2.24, 2.45) is 0 Å². The average Bonchev–Trinajstić information content (AvgIpc) is 2.61. The van der Waals surface area contributed by atoms with E-state index in [0.29, 0.717) is 28.7 Å². The van der Waals surface area contributed by atoms with E-state index in [-0.39, 0.29) is 12.4 Å². The summed E-state index contributed by atoms with van der Waals surface area (Å²) in [5.41, 5.74) is 0.369. The fraction of sp³-hybridized carbons (Fsp3) is 0.235. The molecule has 2 aromatic carbocycles. The van der Waals surface area contributed by atoms with Crippen LogP contribution < -0.4 is 24.3 Å². The molecule has 1 N–H and O–H groups in total. The summed E-state index contributed by atoms with van der Waals surface area (Å²) >= 11 is 0. The minimum Gasteiger partial charge on any atom is -0.496 e. The highest BCUT2D eigenvalue weighted by Gasteiger charge is 2.16. The number of methoxy groups -OCH3 is 3. The lowest BCUT2D eigenvalue weighted by Gasteiger charge is -2.16. The summed E-state index contributed by atoms with van der Waals surface area (Å²) in [6.07, 6.45) is 0. The molecule has 6 nitrogen and oxygen atoms in total. The van der Waals surface area contributed by atoms with Crippen molar-refractivity contribution in [1.29, 1.82) is 0 Å². The van der Waals surface area contributed by atoms with Gasteiger partial charge in [0.05, 0.1) is 21.3 Å². The molecule has 0 unspecified atom stereocenters. The van der Waals surface area contributed by atoms with E-state index >= 15 is 0 Å². The summed E-state index contributed by atoms with van der Waals surface area (Å²) in [6.45, 7) is -0.246. The third-order valence-electron chi connectivity index (χ3n) is 3.16. The van der Waals surface area contributed by atoms with E-state index in [4.69, 9.17) is 18.9 Å². The van der Waals surface area contributed by atoms with E-state index in [2.05, 4.69) is 5.32 Å². The molecule has 0 heterocycles. The molecular formula is C17H18FNO5. The van der Waals surface area contributed by atoms with Gasteiger partial charge in [-0.1, -0.05) is 0 Å². The molecule has 7 heteroatoms. The minimum absolute atomic E-state index is 0.246. The molecule has 0 aliphatic rings. The number of nitrogens with one attached hydrogen (secondary N) is 1. The zero-order valence-electron chi connectivity index (χ0n) is 13.6. The van der Waals surface area contributed by atoms with Gasteiger partial charge in [-0.3, -0.25) is 4.79 Å².